The van der Waals surface area contributed by atoms with Gasteiger partial charge in [0.1, 0.15) is 6.61 Å². The van der Waals surface area contributed by atoms with E-state index in [9.17, 15) is 8.42 Å². The van der Waals surface area contributed by atoms with Crippen LogP contribution in [0.5, 0.6) is 5.75 Å². The summed E-state index contributed by atoms with van der Waals surface area (Å²) in [6, 6.07) is 6.64. The average Bonchev–Trinajstić information content (AvgIpc) is 2.71. The Kier molecular flexibility index (Phi) is 6.06. The van der Waals surface area contributed by atoms with Crippen molar-refractivity contribution in [2.24, 2.45) is 10.9 Å². The first-order valence-corrected chi connectivity index (χ1v) is 10.9. The van der Waals surface area contributed by atoms with Crippen LogP contribution in [-0.4, -0.2) is 66.4 Å². The SMILES string of the molecule is C[C@@H]1CN(/C(N)=N/O)CCN1c1ncc(OCc2ccc(S(C)(=O)=O)cc2)cn1. The second kappa shape index (κ2) is 8.52. The number of sulfone groups is 1. The number of hydrogen-bond acceptors (Lipinski definition) is 8. The molecule has 0 bridgehead atoms. The van der Waals surface area contributed by atoms with Gasteiger partial charge in [0.25, 0.3) is 0 Å². The number of oxime groups is 1. The van der Waals surface area contributed by atoms with Crippen LogP contribution in [0.25, 0.3) is 0 Å². The van der Waals surface area contributed by atoms with Crippen LogP contribution in [0, 0.1) is 0 Å². The number of hydrogen-bond donors (Lipinski definition) is 2. The standard InChI is InChI=1S/C18H24N6O4S/c1-13-11-23(17(19)22-25)7-8-24(13)18-20-9-15(10-21-18)28-12-14-3-5-16(6-4-14)29(2,26)27/h3-6,9-10,13,25H,7-8,11-12H2,1-2H3,(H2,19,22)/t13-/m1/s1. The van der Waals surface area contributed by atoms with Gasteiger partial charge in [0.15, 0.2) is 15.6 Å². The van der Waals surface area contributed by atoms with Gasteiger partial charge in [-0.1, -0.05) is 17.3 Å². The van der Waals surface area contributed by atoms with Crippen LogP contribution < -0.4 is 15.4 Å². The zero-order chi connectivity index (χ0) is 21.0. The Bertz CT molecular complexity index is 963. The quantitative estimate of drug-likeness (QED) is 0.310. The van der Waals surface area contributed by atoms with Gasteiger partial charge in [0.05, 0.1) is 17.3 Å². The molecule has 0 aliphatic carbocycles. The van der Waals surface area contributed by atoms with E-state index in [2.05, 4.69) is 20.0 Å². The van der Waals surface area contributed by atoms with Gasteiger partial charge in [0.2, 0.25) is 11.9 Å². The van der Waals surface area contributed by atoms with E-state index in [-0.39, 0.29) is 23.5 Å². The summed E-state index contributed by atoms with van der Waals surface area (Å²) in [6.07, 6.45) is 4.39. The number of anilines is 1. The summed E-state index contributed by atoms with van der Waals surface area (Å²) >= 11 is 0. The molecule has 1 atom stereocenters. The molecule has 10 nitrogen and oxygen atoms in total. The van der Waals surface area contributed by atoms with Crippen LogP contribution in [0.2, 0.25) is 0 Å². The first kappa shape index (κ1) is 20.6. The largest absolute Gasteiger partial charge is 0.486 e. The molecule has 0 spiro atoms. The number of guanidine groups is 1. The van der Waals surface area contributed by atoms with Gasteiger partial charge in [-0.3, -0.25) is 0 Å². The minimum absolute atomic E-state index is 0.0872. The first-order valence-electron chi connectivity index (χ1n) is 9.01. The Morgan fingerprint density at radius 2 is 1.93 bits per heavy atom. The van der Waals surface area contributed by atoms with Crippen molar-refractivity contribution in [2.45, 2.75) is 24.5 Å². The molecule has 1 saturated heterocycles. The highest BCUT2D eigenvalue weighted by molar-refractivity contribution is 7.90. The molecule has 3 N–H and O–H groups in total. The number of nitrogens with zero attached hydrogens (tertiary/aromatic N) is 5. The normalized spacial score (nSPS) is 18.0. The van der Waals surface area contributed by atoms with Crippen molar-refractivity contribution in [1.29, 1.82) is 0 Å². The molecule has 0 unspecified atom stereocenters. The number of aromatic nitrogens is 2. The molecule has 29 heavy (non-hydrogen) atoms. The third-order valence-corrected chi connectivity index (χ3v) is 5.81. The highest BCUT2D eigenvalue weighted by Crippen LogP contribution is 2.19. The summed E-state index contributed by atoms with van der Waals surface area (Å²) in [5, 5.41) is 11.9. The molecule has 1 aliphatic rings. The first-order chi connectivity index (χ1) is 13.8. The van der Waals surface area contributed by atoms with Gasteiger partial charge >= 0.3 is 0 Å². The highest BCUT2D eigenvalue weighted by Gasteiger charge is 2.26. The predicted octanol–water partition coefficient (Wildman–Crippen LogP) is 0.674. The fourth-order valence-corrected chi connectivity index (χ4v) is 3.69. The van der Waals surface area contributed by atoms with Crippen molar-refractivity contribution in [3.05, 3.63) is 42.2 Å². The summed E-state index contributed by atoms with van der Waals surface area (Å²) < 4.78 is 28.7. The van der Waals surface area contributed by atoms with E-state index in [1.807, 2.05) is 6.92 Å². The van der Waals surface area contributed by atoms with Crippen molar-refractivity contribution in [2.75, 3.05) is 30.8 Å². The fraction of sp³-hybridized carbons (Fsp3) is 0.389. The van der Waals surface area contributed by atoms with Crippen LogP contribution >= 0.6 is 0 Å². The van der Waals surface area contributed by atoms with E-state index in [1.165, 1.54) is 6.26 Å². The van der Waals surface area contributed by atoms with Crippen LogP contribution in [-0.2, 0) is 16.4 Å². The van der Waals surface area contributed by atoms with E-state index in [4.69, 9.17) is 15.7 Å². The van der Waals surface area contributed by atoms with Gasteiger partial charge in [0, 0.05) is 31.9 Å². The van der Waals surface area contributed by atoms with E-state index in [1.54, 1.807) is 41.6 Å². The second-order valence-electron chi connectivity index (χ2n) is 6.87. The molecule has 11 heteroatoms. The van der Waals surface area contributed by atoms with Crippen LogP contribution in [0.3, 0.4) is 0 Å². The van der Waals surface area contributed by atoms with Gasteiger partial charge in [-0.25, -0.2) is 18.4 Å². The predicted molar refractivity (Wildman–Crippen MR) is 108 cm³/mol. The molecule has 1 aliphatic heterocycles. The third-order valence-electron chi connectivity index (χ3n) is 4.68. The van der Waals surface area contributed by atoms with E-state index in [0.29, 0.717) is 31.3 Å². The lowest BCUT2D eigenvalue weighted by molar-refractivity contribution is 0.280. The van der Waals surface area contributed by atoms with Crippen molar-refractivity contribution < 1.29 is 18.4 Å². The summed E-state index contributed by atoms with van der Waals surface area (Å²) in [6.45, 7) is 4.14. The van der Waals surface area contributed by atoms with Crippen molar-refractivity contribution >= 4 is 21.7 Å². The minimum Gasteiger partial charge on any atom is -0.486 e. The lowest BCUT2D eigenvalue weighted by atomic mass is 10.2. The molecular formula is C18H24N6O4S. The van der Waals surface area contributed by atoms with Crippen LogP contribution in [0.4, 0.5) is 5.95 Å². The Morgan fingerprint density at radius 1 is 1.28 bits per heavy atom. The van der Waals surface area contributed by atoms with Crippen LogP contribution in [0.15, 0.2) is 46.7 Å². The number of rotatable bonds is 5. The van der Waals surface area contributed by atoms with Crippen molar-refractivity contribution in [3.63, 3.8) is 0 Å². The fourth-order valence-electron chi connectivity index (χ4n) is 3.06. The summed E-state index contributed by atoms with van der Waals surface area (Å²) in [5.41, 5.74) is 6.50. The molecular weight excluding hydrogens is 396 g/mol. The summed E-state index contributed by atoms with van der Waals surface area (Å²) in [7, 11) is -3.21. The minimum atomic E-state index is -3.21. The molecule has 0 amide bonds. The number of nitrogens with two attached hydrogens (primary N) is 1. The van der Waals surface area contributed by atoms with Gasteiger partial charge < -0.3 is 25.5 Å². The average molecular weight is 420 g/mol. The van der Waals surface area contributed by atoms with Gasteiger partial charge in [-0.15, -0.1) is 0 Å². The highest BCUT2D eigenvalue weighted by atomic mass is 32.2. The smallest absolute Gasteiger partial charge is 0.233 e. The monoisotopic (exact) mass is 420 g/mol. The van der Waals surface area contributed by atoms with Crippen molar-refractivity contribution in [1.82, 2.24) is 14.9 Å². The summed E-state index contributed by atoms with van der Waals surface area (Å²) in [4.78, 5) is 12.9. The van der Waals surface area contributed by atoms with E-state index in [0.717, 1.165) is 5.56 Å². The maximum absolute atomic E-state index is 11.5. The maximum atomic E-state index is 11.5. The number of ether oxygens (including phenoxy) is 1. The lowest BCUT2D eigenvalue weighted by Gasteiger charge is -2.39. The Hall–Kier alpha value is -3.08. The molecule has 1 fully saturated rings. The molecule has 156 valence electrons. The van der Waals surface area contributed by atoms with E-state index >= 15 is 0 Å². The third kappa shape index (κ3) is 5.05. The number of piperazine rings is 1. The van der Waals surface area contributed by atoms with Crippen molar-refractivity contribution in [3.8, 4) is 5.75 Å². The molecule has 1 aromatic carbocycles. The molecule has 1 aromatic heterocycles. The topological polar surface area (TPSA) is 134 Å². The zero-order valence-electron chi connectivity index (χ0n) is 16.3. The van der Waals surface area contributed by atoms with E-state index < -0.39 is 9.84 Å². The Labute approximate surface area is 169 Å². The second-order valence-corrected chi connectivity index (χ2v) is 8.89. The Morgan fingerprint density at radius 3 is 2.48 bits per heavy atom. The lowest BCUT2D eigenvalue weighted by Crippen LogP contribution is -2.56. The molecule has 0 saturated carbocycles. The Balaban J connectivity index is 1.58. The molecule has 2 heterocycles. The number of benzene rings is 1. The molecule has 2 aromatic rings. The van der Waals surface area contributed by atoms with Crippen LogP contribution in [0.1, 0.15) is 12.5 Å². The maximum Gasteiger partial charge on any atom is 0.233 e. The van der Waals surface area contributed by atoms with Gasteiger partial charge in [-0.2, -0.15) is 0 Å². The molecule has 0 radical (unpaired) electrons. The zero-order valence-corrected chi connectivity index (χ0v) is 17.1. The summed E-state index contributed by atoms with van der Waals surface area (Å²) in [5.74, 6) is 1.20. The molecule has 3 rings (SSSR count). The van der Waals surface area contributed by atoms with Gasteiger partial charge in [-0.05, 0) is 24.6 Å².